The molecule has 1 saturated heterocycles. The lowest BCUT2D eigenvalue weighted by molar-refractivity contribution is 0.0336. The summed E-state index contributed by atoms with van der Waals surface area (Å²) in [5.74, 6) is 0. The van der Waals surface area contributed by atoms with Crippen LogP contribution in [0.3, 0.4) is 0 Å². The molecule has 3 heteroatoms. The van der Waals surface area contributed by atoms with Crippen LogP contribution in [0, 0.1) is 0 Å². The maximum atomic E-state index is 5.46. The largest absolute Gasteiger partial charge is 0.379 e. The Balaban J connectivity index is 1.87. The molecule has 0 spiro atoms. The third-order valence-electron chi connectivity index (χ3n) is 4.19. The Labute approximate surface area is 126 Å². The zero-order chi connectivity index (χ0) is 14.5. The summed E-state index contributed by atoms with van der Waals surface area (Å²) < 4.78 is 5.46. The molecule has 1 fully saturated rings. The van der Waals surface area contributed by atoms with E-state index in [0.717, 1.165) is 39.4 Å². The van der Waals surface area contributed by atoms with E-state index in [1.807, 2.05) is 0 Å². The normalized spacial score (nSPS) is 18.0. The molecule has 1 N–H and O–H groups in total. The maximum Gasteiger partial charge on any atom is 0.0594 e. The molecule has 1 aliphatic rings. The first-order valence-corrected chi connectivity index (χ1v) is 7.89. The lowest BCUT2D eigenvalue weighted by atomic mass is 9.98. The van der Waals surface area contributed by atoms with E-state index in [1.165, 1.54) is 16.3 Å². The average molecular weight is 284 g/mol. The van der Waals surface area contributed by atoms with Crippen molar-refractivity contribution in [3.8, 4) is 0 Å². The minimum absolute atomic E-state index is 0.374. The number of rotatable bonds is 5. The molecule has 0 aromatic heterocycles. The Morgan fingerprint density at radius 2 is 1.86 bits per heavy atom. The van der Waals surface area contributed by atoms with Crippen LogP contribution in [0.25, 0.3) is 10.8 Å². The van der Waals surface area contributed by atoms with Crippen molar-refractivity contribution in [3.63, 3.8) is 0 Å². The number of hydrogen-bond donors (Lipinski definition) is 1. The van der Waals surface area contributed by atoms with Gasteiger partial charge in [-0.1, -0.05) is 49.4 Å². The van der Waals surface area contributed by atoms with E-state index in [-0.39, 0.29) is 0 Å². The highest BCUT2D eigenvalue weighted by Crippen LogP contribution is 2.25. The van der Waals surface area contributed by atoms with E-state index in [0.29, 0.717) is 6.04 Å². The summed E-state index contributed by atoms with van der Waals surface area (Å²) in [6, 6.07) is 15.7. The number of ether oxygens (including phenoxy) is 1. The molecule has 0 amide bonds. The molecule has 1 atom stereocenters. The van der Waals surface area contributed by atoms with Gasteiger partial charge in [0.25, 0.3) is 0 Å². The van der Waals surface area contributed by atoms with E-state index < -0.39 is 0 Å². The van der Waals surface area contributed by atoms with Crippen LogP contribution in [0.4, 0.5) is 0 Å². The first-order chi connectivity index (χ1) is 10.4. The van der Waals surface area contributed by atoms with Gasteiger partial charge in [-0.3, -0.25) is 4.90 Å². The molecule has 21 heavy (non-hydrogen) atoms. The predicted octanol–water partition coefficient (Wildman–Crippen LogP) is 2.82. The van der Waals surface area contributed by atoms with Crippen molar-refractivity contribution in [2.75, 3.05) is 39.4 Å². The zero-order valence-corrected chi connectivity index (χ0v) is 12.7. The van der Waals surface area contributed by atoms with Crippen molar-refractivity contribution in [1.29, 1.82) is 0 Å². The molecule has 2 aromatic rings. The van der Waals surface area contributed by atoms with E-state index in [4.69, 9.17) is 4.74 Å². The van der Waals surface area contributed by atoms with Crippen LogP contribution in [0.2, 0.25) is 0 Å². The van der Waals surface area contributed by atoms with Gasteiger partial charge in [-0.15, -0.1) is 0 Å². The number of nitrogens with zero attached hydrogens (tertiary/aromatic N) is 1. The lowest BCUT2D eigenvalue weighted by Gasteiger charge is -2.31. The highest BCUT2D eigenvalue weighted by molar-refractivity contribution is 5.86. The minimum atomic E-state index is 0.374. The smallest absolute Gasteiger partial charge is 0.0594 e. The van der Waals surface area contributed by atoms with Crippen molar-refractivity contribution in [1.82, 2.24) is 10.2 Å². The van der Waals surface area contributed by atoms with E-state index in [1.54, 1.807) is 0 Å². The molecule has 1 heterocycles. The van der Waals surface area contributed by atoms with Crippen LogP contribution in [-0.4, -0.2) is 44.3 Å². The summed E-state index contributed by atoms with van der Waals surface area (Å²) in [5.41, 5.74) is 1.40. The number of benzene rings is 2. The van der Waals surface area contributed by atoms with Crippen LogP contribution in [-0.2, 0) is 4.74 Å². The summed E-state index contributed by atoms with van der Waals surface area (Å²) in [7, 11) is 0. The fraction of sp³-hybridized carbons (Fsp3) is 0.444. The number of likely N-dealkylation sites (N-methyl/N-ethyl adjacent to an activating group) is 1. The Kier molecular flexibility index (Phi) is 4.86. The Hall–Kier alpha value is -1.42. The highest BCUT2D eigenvalue weighted by Gasteiger charge is 2.18. The molecular weight excluding hydrogens is 260 g/mol. The molecular formula is C18H24N2O. The summed E-state index contributed by atoms with van der Waals surface area (Å²) in [4.78, 5) is 2.50. The number of morpholine rings is 1. The molecule has 1 unspecified atom stereocenters. The summed E-state index contributed by atoms with van der Waals surface area (Å²) in [6.07, 6.45) is 0. The third kappa shape index (κ3) is 3.43. The first kappa shape index (κ1) is 14.5. The van der Waals surface area contributed by atoms with Gasteiger partial charge in [0, 0.05) is 25.7 Å². The second kappa shape index (κ2) is 7.03. The number of hydrogen-bond acceptors (Lipinski definition) is 3. The Morgan fingerprint density at radius 1 is 1.10 bits per heavy atom. The highest BCUT2D eigenvalue weighted by atomic mass is 16.5. The second-order valence-electron chi connectivity index (χ2n) is 5.59. The van der Waals surface area contributed by atoms with Crippen molar-refractivity contribution >= 4 is 10.8 Å². The summed E-state index contributed by atoms with van der Waals surface area (Å²) >= 11 is 0. The zero-order valence-electron chi connectivity index (χ0n) is 12.7. The van der Waals surface area contributed by atoms with Crippen LogP contribution in [0.1, 0.15) is 18.5 Å². The molecule has 2 aromatic carbocycles. The summed E-state index contributed by atoms with van der Waals surface area (Å²) in [6.45, 7) is 7.99. The van der Waals surface area contributed by atoms with Crippen molar-refractivity contribution in [2.45, 2.75) is 13.0 Å². The molecule has 0 radical (unpaired) electrons. The van der Waals surface area contributed by atoms with Gasteiger partial charge in [-0.2, -0.15) is 0 Å². The van der Waals surface area contributed by atoms with Gasteiger partial charge in [0.1, 0.15) is 0 Å². The molecule has 3 nitrogen and oxygen atoms in total. The van der Waals surface area contributed by atoms with Crippen LogP contribution < -0.4 is 5.32 Å². The van der Waals surface area contributed by atoms with Crippen LogP contribution in [0.15, 0.2) is 42.5 Å². The molecule has 0 saturated carbocycles. The van der Waals surface area contributed by atoms with Crippen molar-refractivity contribution in [3.05, 3.63) is 48.0 Å². The molecule has 0 aliphatic carbocycles. The molecule has 1 aliphatic heterocycles. The van der Waals surface area contributed by atoms with Crippen LogP contribution >= 0.6 is 0 Å². The fourth-order valence-electron chi connectivity index (χ4n) is 3.12. The van der Waals surface area contributed by atoms with E-state index in [9.17, 15) is 0 Å². The SMILES string of the molecule is CCNC(CN1CCOCC1)c1cccc2ccccc12. The lowest BCUT2D eigenvalue weighted by Crippen LogP contribution is -2.41. The van der Waals surface area contributed by atoms with Crippen LogP contribution in [0.5, 0.6) is 0 Å². The quantitative estimate of drug-likeness (QED) is 0.914. The minimum Gasteiger partial charge on any atom is -0.379 e. The van der Waals surface area contributed by atoms with Gasteiger partial charge in [0.15, 0.2) is 0 Å². The van der Waals surface area contributed by atoms with Gasteiger partial charge < -0.3 is 10.1 Å². The Bertz CT molecular complexity index is 573. The summed E-state index contributed by atoms with van der Waals surface area (Å²) in [5, 5.41) is 6.34. The topological polar surface area (TPSA) is 24.5 Å². The Morgan fingerprint density at radius 3 is 2.67 bits per heavy atom. The number of nitrogens with one attached hydrogen (secondary N) is 1. The van der Waals surface area contributed by atoms with Gasteiger partial charge in [-0.25, -0.2) is 0 Å². The standard InChI is InChI=1S/C18H24N2O/c1-2-19-18(14-20-10-12-21-13-11-20)17-9-5-7-15-6-3-4-8-16(15)17/h3-9,18-19H,2,10-14H2,1H3. The van der Waals surface area contributed by atoms with Gasteiger partial charge in [-0.05, 0) is 22.9 Å². The van der Waals surface area contributed by atoms with Crippen molar-refractivity contribution < 1.29 is 4.74 Å². The number of fused-ring (bicyclic) bond motifs is 1. The monoisotopic (exact) mass is 284 g/mol. The first-order valence-electron chi connectivity index (χ1n) is 7.89. The molecule has 3 rings (SSSR count). The van der Waals surface area contributed by atoms with Gasteiger partial charge in [0.2, 0.25) is 0 Å². The maximum absolute atomic E-state index is 5.46. The molecule has 112 valence electrons. The second-order valence-corrected chi connectivity index (χ2v) is 5.59. The third-order valence-corrected chi connectivity index (χ3v) is 4.19. The predicted molar refractivity (Wildman–Crippen MR) is 87.6 cm³/mol. The average Bonchev–Trinajstić information content (AvgIpc) is 2.55. The van der Waals surface area contributed by atoms with E-state index >= 15 is 0 Å². The molecule has 0 bridgehead atoms. The fourth-order valence-corrected chi connectivity index (χ4v) is 3.12. The van der Waals surface area contributed by atoms with Gasteiger partial charge >= 0.3 is 0 Å². The van der Waals surface area contributed by atoms with Gasteiger partial charge in [0.05, 0.1) is 13.2 Å². The van der Waals surface area contributed by atoms with Crippen molar-refractivity contribution in [2.24, 2.45) is 0 Å². The van der Waals surface area contributed by atoms with E-state index in [2.05, 4.69) is 59.6 Å².